The van der Waals surface area contributed by atoms with Gasteiger partial charge < -0.3 is 10.2 Å². The number of nitrogens with one attached hydrogen (secondary N) is 1. The highest BCUT2D eigenvalue weighted by molar-refractivity contribution is 6.05. The third-order valence-corrected chi connectivity index (χ3v) is 5.16. The quantitative estimate of drug-likeness (QED) is 0.530. The van der Waals surface area contributed by atoms with Gasteiger partial charge in [-0.15, -0.1) is 0 Å². The van der Waals surface area contributed by atoms with E-state index in [2.05, 4.69) is 12.2 Å². The molecule has 2 aromatic rings. The van der Waals surface area contributed by atoms with Crippen molar-refractivity contribution in [3.05, 3.63) is 63.7 Å². The maximum absolute atomic E-state index is 12.6. The van der Waals surface area contributed by atoms with Crippen molar-refractivity contribution in [2.45, 2.75) is 45.4 Å². The summed E-state index contributed by atoms with van der Waals surface area (Å²) in [6.45, 7) is 3.79. The molecule has 3 rings (SSSR count). The molecule has 1 saturated heterocycles. The standard InChI is InChI=1S/C22H27N3O3/c1-2-3-7-17-8-11-19(12-9-17)23-22(26)18-10-13-20(21(16-18)25(27)28)24-14-5-4-6-15-24/h8-13,16H,2-7,14-15H2,1H3,(H,23,26). The molecule has 0 aromatic heterocycles. The number of unbranched alkanes of at least 4 members (excludes halogenated alkanes) is 1. The van der Waals surface area contributed by atoms with Crippen molar-refractivity contribution in [3.8, 4) is 0 Å². The van der Waals surface area contributed by atoms with Crippen LogP contribution in [0.1, 0.15) is 54.9 Å². The van der Waals surface area contributed by atoms with E-state index in [9.17, 15) is 14.9 Å². The minimum atomic E-state index is -0.400. The fourth-order valence-corrected chi connectivity index (χ4v) is 3.55. The molecule has 0 unspecified atom stereocenters. The molecule has 1 aliphatic heterocycles. The van der Waals surface area contributed by atoms with Crippen molar-refractivity contribution in [3.63, 3.8) is 0 Å². The van der Waals surface area contributed by atoms with Crippen molar-refractivity contribution in [1.82, 2.24) is 0 Å². The Hall–Kier alpha value is -2.89. The topological polar surface area (TPSA) is 75.5 Å². The number of piperidine rings is 1. The molecule has 1 aliphatic rings. The molecule has 148 valence electrons. The van der Waals surface area contributed by atoms with Crippen LogP contribution in [0, 0.1) is 10.1 Å². The lowest BCUT2D eigenvalue weighted by Crippen LogP contribution is -2.30. The largest absolute Gasteiger partial charge is 0.366 e. The van der Waals surface area contributed by atoms with Gasteiger partial charge in [0.25, 0.3) is 11.6 Å². The van der Waals surface area contributed by atoms with E-state index >= 15 is 0 Å². The first kappa shape index (κ1) is 19.9. The summed E-state index contributed by atoms with van der Waals surface area (Å²) in [6.07, 6.45) is 6.53. The zero-order chi connectivity index (χ0) is 19.9. The lowest BCUT2D eigenvalue weighted by atomic mass is 10.1. The summed E-state index contributed by atoms with van der Waals surface area (Å²) in [5.74, 6) is -0.338. The molecule has 0 atom stereocenters. The first-order valence-electron chi connectivity index (χ1n) is 10.0. The van der Waals surface area contributed by atoms with Gasteiger partial charge in [0.15, 0.2) is 0 Å². The summed E-state index contributed by atoms with van der Waals surface area (Å²) in [4.78, 5) is 25.8. The number of hydrogen-bond donors (Lipinski definition) is 1. The van der Waals surface area contributed by atoms with E-state index < -0.39 is 4.92 Å². The number of benzene rings is 2. The molecule has 2 aromatic carbocycles. The molecule has 0 bridgehead atoms. The predicted octanol–water partition coefficient (Wildman–Crippen LogP) is 5.18. The summed E-state index contributed by atoms with van der Waals surface area (Å²) in [5, 5.41) is 14.4. The Balaban J connectivity index is 1.74. The third kappa shape index (κ3) is 4.88. The van der Waals surface area contributed by atoms with Crippen LogP contribution in [0.3, 0.4) is 0 Å². The van der Waals surface area contributed by atoms with E-state index in [0.717, 1.165) is 51.6 Å². The Morgan fingerprint density at radius 1 is 1.11 bits per heavy atom. The zero-order valence-corrected chi connectivity index (χ0v) is 16.3. The van der Waals surface area contributed by atoms with Crippen LogP contribution in [0.2, 0.25) is 0 Å². The van der Waals surface area contributed by atoms with Crippen molar-refractivity contribution in [2.24, 2.45) is 0 Å². The van der Waals surface area contributed by atoms with Crippen LogP contribution in [-0.2, 0) is 6.42 Å². The van der Waals surface area contributed by atoms with E-state index in [1.807, 2.05) is 29.2 Å². The van der Waals surface area contributed by atoms with E-state index in [1.54, 1.807) is 12.1 Å². The van der Waals surface area contributed by atoms with Gasteiger partial charge in [-0.2, -0.15) is 0 Å². The monoisotopic (exact) mass is 381 g/mol. The second kappa shape index (κ2) is 9.35. The highest BCUT2D eigenvalue weighted by Gasteiger charge is 2.23. The maximum atomic E-state index is 12.6. The number of carbonyl (C=O) groups is 1. The molecule has 0 radical (unpaired) electrons. The van der Waals surface area contributed by atoms with Gasteiger partial charge in [-0.05, 0) is 61.9 Å². The molecule has 28 heavy (non-hydrogen) atoms. The molecule has 0 aliphatic carbocycles. The van der Waals surface area contributed by atoms with Crippen LogP contribution >= 0.6 is 0 Å². The van der Waals surface area contributed by atoms with Gasteiger partial charge in [-0.1, -0.05) is 25.5 Å². The van der Waals surface area contributed by atoms with Crippen LogP contribution in [0.5, 0.6) is 0 Å². The van der Waals surface area contributed by atoms with Gasteiger partial charge in [0, 0.05) is 30.4 Å². The molecule has 6 heteroatoms. The van der Waals surface area contributed by atoms with Gasteiger partial charge in [-0.3, -0.25) is 14.9 Å². The van der Waals surface area contributed by atoms with Gasteiger partial charge in [0.2, 0.25) is 0 Å². The van der Waals surface area contributed by atoms with Crippen LogP contribution < -0.4 is 10.2 Å². The second-order valence-electron chi connectivity index (χ2n) is 7.26. The molecule has 0 spiro atoms. The SMILES string of the molecule is CCCCc1ccc(NC(=O)c2ccc(N3CCCCC3)c([N+](=O)[O-])c2)cc1. The highest BCUT2D eigenvalue weighted by atomic mass is 16.6. The first-order chi connectivity index (χ1) is 13.6. The second-order valence-corrected chi connectivity index (χ2v) is 7.26. The summed E-state index contributed by atoms with van der Waals surface area (Å²) >= 11 is 0. The normalized spacial score (nSPS) is 14.0. The molecule has 1 amide bonds. The fraction of sp³-hybridized carbons (Fsp3) is 0.409. The third-order valence-electron chi connectivity index (χ3n) is 5.16. The lowest BCUT2D eigenvalue weighted by Gasteiger charge is -2.28. The molecular weight excluding hydrogens is 354 g/mol. The van der Waals surface area contributed by atoms with Gasteiger partial charge in [-0.25, -0.2) is 0 Å². The van der Waals surface area contributed by atoms with Crippen molar-refractivity contribution in [1.29, 1.82) is 0 Å². The molecule has 1 fully saturated rings. The molecule has 6 nitrogen and oxygen atoms in total. The van der Waals surface area contributed by atoms with E-state index in [0.29, 0.717) is 16.9 Å². The summed E-state index contributed by atoms with van der Waals surface area (Å²) in [6, 6.07) is 12.5. The van der Waals surface area contributed by atoms with Gasteiger partial charge in [0.05, 0.1) is 4.92 Å². The molecule has 1 heterocycles. The van der Waals surface area contributed by atoms with Crippen molar-refractivity contribution < 1.29 is 9.72 Å². The van der Waals surface area contributed by atoms with E-state index in [1.165, 1.54) is 11.6 Å². The average molecular weight is 381 g/mol. The highest BCUT2D eigenvalue weighted by Crippen LogP contribution is 2.31. The number of nitro groups is 1. The first-order valence-corrected chi connectivity index (χ1v) is 10.0. The molecular formula is C22H27N3O3. The number of anilines is 2. The number of aryl methyl sites for hydroxylation is 1. The number of nitrogens with zero attached hydrogens (tertiary/aromatic N) is 2. The Labute approximate surface area is 165 Å². The number of hydrogen-bond acceptors (Lipinski definition) is 4. The lowest BCUT2D eigenvalue weighted by molar-refractivity contribution is -0.384. The minimum absolute atomic E-state index is 0.00976. The van der Waals surface area contributed by atoms with Gasteiger partial charge in [0.1, 0.15) is 5.69 Å². The maximum Gasteiger partial charge on any atom is 0.293 e. The van der Waals surface area contributed by atoms with E-state index in [4.69, 9.17) is 0 Å². The van der Waals surface area contributed by atoms with E-state index in [-0.39, 0.29) is 11.6 Å². The van der Waals surface area contributed by atoms with Crippen LogP contribution in [0.25, 0.3) is 0 Å². The average Bonchev–Trinajstić information content (AvgIpc) is 2.73. The molecule has 1 N–H and O–H groups in total. The van der Waals surface area contributed by atoms with Crippen LogP contribution in [0.15, 0.2) is 42.5 Å². The summed E-state index contributed by atoms with van der Waals surface area (Å²) in [5.41, 5.74) is 2.81. The Bertz CT molecular complexity index is 827. The van der Waals surface area contributed by atoms with Gasteiger partial charge >= 0.3 is 0 Å². The summed E-state index contributed by atoms with van der Waals surface area (Å²) in [7, 11) is 0. The van der Waals surface area contributed by atoms with Crippen molar-refractivity contribution in [2.75, 3.05) is 23.3 Å². The smallest absolute Gasteiger partial charge is 0.293 e. The van der Waals surface area contributed by atoms with Crippen molar-refractivity contribution >= 4 is 23.0 Å². The summed E-state index contributed by atoms with van der Waals surface area (Å²) < 4.78 is 0. The number of amides is 1. The number of rotatable bonds is 7. The Morgan fingerprint density at radius 3 is 2.46 bits per heavy atom. The molecule has 0 saturated carbocycles. The Kier molecular flexibility index (Phi) is 6.63. The van der Waals surface area contributed by atoms with Crippen LogP contribution in [0.4, 0.5) is 17.1 Å². The predicted molar refractivity (Wildman–Crippen MR) is 112 cm³/mol. The minimum Gasteiger partial charge on any atom is -0.366 e. The Morgan fingerprint density at radius 2 is 1.82 bits per heavy atom. The number of nitro benzene ring substituents is 1. The number of carbonyl (C=O) groups excluding carboxylic acids is 1. The fourth-order valence-electron chi connectivity index (χ4n) is 3.55. The zero-order valence-electron chi connectivity index (χ0n) is 16.3. The van der Waals surface area contributed by atoms with Crippen LogP contribution in [-0.4, -0.2) is 23.9 Å².